The molecule has 0 fully saturated rings. The fourth-order valence-corrected chi connectivity index (χ4v) is 2.50. The Hall–Kier alpha value is -3.47. The van der Waals surface area contributed by atoms with E-state index in [9.17, 15) is 9.90 Å². The fraction of sp³-hybridized carbons (Fsp3) is 0. The quantitative estimate of drug-likeness (QED) is 0.854. The van der Waals surface area contributed by atoms with Crippen LogP contribution in [0.3, 0.4) is 0 Å². The van der Waals surface area contributed by atoms with E-state index in [0.717, 1.165) is 0 Å². The molecular weight excluding hydrogens is 308 g/mol. The van der Waals surface area contributed by atoms with Crippen LogP contribution in [0, 0.1) is 0 Å². The third-order valence-electron chi connectivity index (χ3n) is 3.63. The minimum absolute atomic E-state index is 0.0544. The van der Waals surface area contributed by atoms with Gasteiger partial charge in [0.1, 0.15) is 17.8 Å². The van der Waals surface area contributed by atoms with Gasteiger partial charge in [-0.25, -0.2) is 4.79 Å². The van der Waals surface area contributed by atoms with E-state index in [-0.39, 0.29) is 5.75 Å². The summed E-state index contributed by atoms with van der Waals surface area (Å²) in [6.07, 6.45) is 4.56. The van der Waals surface area contributed by atoms with Crippen LogP contribution in [0.5, 0.6) is 11.5 Å². The van der Waals surface area contributed by atoms with Crippen LogP contribution < -0.4 is 4.74 Å². The topological polar surface area (TPSA) is 65.0 Å². The first-order chi connectivity index (χ1) is 11.7. The highest BCUT2D eigenvalue weighted by Gasteiger charge is 2.28. The summed E-state index contributed by atoms with van der Waals surface area (Å²) in [5, 5.41) is 9.66. The summed E-state index contributed by atoms with van der Waals surface area (Å²) in [7, 11) is 0. The van der Waals surface area contributed by atoms with Crippen LogP contribution in [0.15, 0.2) is 78.5 Å². The molecule has 2 aromatic carbocycles. The van der Waals surface area contributed by atoms with Gasteiger partial charge in [-0.1, -0.05) is 18.2 Å². The van der Waals surface area contributed by atoms with E-state index in [1.165, 1.54) is 24.7 Å². The molecule has 2 aliphatic rings. The summed E-state index contributed by atoms with van der Waals surface area (Å²) in [6, 6.07) is 13.3. The molecule has 1 N–H and O–H groups in total. The Morgan fingerprint density at radius 2 is 1.92 bits per heavy atom. The van der Waals surface area contributed by atoms with E-state index in [0.29, 0.717) is 34.0 Å². The zero-order valence-electron chi connectivity index (χ0n) is 12.4. The normalized spacial score (nSPS) is 14.8. The van der Waals surface area contributed by atoms with E-state index < -0.39 is 5.97 Å². The molecule has 0 saturated heterocycles. The highest BCUT2D eigenvalue weighted by atomic mass is 16.5. The summed E-state index contributed by atoms with van der Waals surface area (Å²) in [5.41, 5.74) is 1.62. The van der Waals surface area contributed by atoms with E-state index in [1.807, 2.05) is 6.07 Å². The van der Waals surface area contributed by atoms with E-state index in [1.54, 1.807) is 36.4 Å². The molecule has 2 aliphatic heterocycles. The highest BCUT2D eigenvalue weighted by molar-refractivity contribution is 5.94. The Kier molecular flexibility index (Phi) is 3.31. The standard InChI is InChI=1S/C19H12O5/c20-13-6-7-14-16(10-13)23-17-11-22-9-8-15(17)18(14)24-19(21)12-4-2-1-3-5-12/h1-11,20H. The number of carbonyl (C=O) groups is 1. The molecule has 2 heterocycles. The van der Waals surface area contributed by atoms with Gasteiger partial charge in [0, 0.05) is 6.07 Å². The molecule has 5 heteroatoms. The first-order valence-corrected chi connectivity index (χ1v) is 7.28. The molecule has 5 nitrogen and oxygen atoms in total. The summed E-state index contributed by atoms with van der Waals surface area (Å²) in [6.45, 7) is 0. The van der Waals surface area contributed by atoms with Crippen LogP contribution in [-0.4, -0.2) is 11.1 Å². The molecule has 0 aliphatic carbocycles. The third-order valence-corrected chi connectivity index (χ3v) is 3.63. The summed E-state index contributed by atoms with van der Waals surface area (Å²) in [5.74, 6) is 0.735. The number of benzene rings is 2. The molecule has 0 spiro atoms. The Morgan fingerprint density at radius 3 is 2.75 bits per heavy atom. The SMILES string of the molecule is O=C(OC1=C2C=COC=C2Oc2cc(O)ccc21)c1ccccc1. The maximum Gasteiger partial charge on any atom is 0.343 e. The second kappa shape index (κ2) is 5.62. The fourth-order valence-electron chi connectivity index (χ4n) is 2.50. The predicted molar refractivity (Wildman–Crippen MR) is 85.8 cm³/mol. The predicted octanol–water partition coefficient (Wildman–Crippen LogP) is 3.74. The van der Waals surface area contributed by atoms with Gasteiger partial charge in [-0.15, -0.1) is 0 Å². The van der Waals surface area contributed by atoms with Gasteiger partial charge in [0.2, 0.25) is 0 Å². The third kappa shape index (κ3) is 2.42. The number of fused-ring (bicyclic) bond motifs is 2. The van der Waals surface area contributed by atoms with Crippen LogP contribution in [0.2, 0.25) is 0 Å². The maximum atomic E-state index is 12.4. The molecule has 118 valence electrons. The van der Waals surface area contributed by atoms with Gasteiger partial charge in [-0.2, -0.15) is 0 Å². The average Bonchev–Trinajstić information content (AvgIpc) is 2.62. The number of ether oxygens (including phenoxy) is 3. The van der Waals surface area contributed by atoms with Gasteiger partial charge >= 0.3 is 5.97 Å². The van der Waals surface area contributed by atoms with E-state index >= 15 is 0 Å². The van der Waals surface area contributed by atoms with Crippen molar-refractivity contribution in [1.29, 1.82) is 0 Å². The molecule has 0 unspecified atom stereocenters. The van der Waals surface area contributed by atoms with Crippen molar-refractivity contribution in [3.63, 3.8) is 0 Å². The number of hydrogen-bond acceptors (Lipinski definition) is 5. The van der Waals surface area contributed by atoms with Crippen molar-refractivity contribution in [3.8, 4) is 11.5 Å². The number of allylic oxidation sites excluding steroid dienone is 1. The largest absolute Gasteiger partial charge is 0.508 e. The number of phenols is 1. The minimum atomic E-state index is -0.474. The lowest BCUT2D eigenvalue weighted by molar-refractivity contribution is 0.0688. The van der Waals surface area contributed by atoms with Gasteiger partial charge in [0.15, 0.2) is 11.5 Å². The van der Waals surface area contributed by atoms with Crippen molar-refractivity contribution in [2.75, 3.05) is 0 Å². The lowest BCUT2D eigenvalue weighted by Crippen LogP contribution is -2.15. The van der Waals surface area contributed by atoms with Crippen LogP contribution in [0.1, 0.15) is 15.9 Å². The van der Waals surface area contributed by atoms with Crippen LogP contribution in [-0.2, 0) is 9.47 Å². The highest BCUT2D eigenvalue weighted by Crippen LogP contribution is 2.41. The molecule has 0 aromatic heterocycles. The van der Waals surface area contributed by atoms with Crippen molar-refractivity contribution in [3.05, 3.63) is 89.6 Å². The molecule has 0 atom stereocenters. The number of esters is 1. The smallest absolute Gasteiger partial charge is 0.343 e. The molecule has 24 heavy (non-hydrogen) atoms. The van der Waals surface area contributed by atoms with Gasteiger partial charge in [0.05, 0.1) is 23.0 Å². The lowest BCUT2D eigenvalue weighted by atomic mass is 10.0. The second-order valence-corrected chi connectivity index (χ2v) is 5.20. The number of rotatable bonds is 2. The first kappa shape index (κ1) is 14.1. The second-order valence-electron chi connectivity index (χ2n) is 5.20. The summed E-state index contributed by atoms with van der Waals surface area (Å²) in [4.78, 5) is 12.4. The molecule has 0 saturated carbocycles. The Bertz CT molecular complexity index is 907. The van der Waals surface area contributed by atoms with Crippen LogP contribution in [0.4, 0.5) is 0 Å². The summed E-state index contributed by atoms with van der Waals surface area (Å²) >= 11 is 0. The van der Waals surface area contributed by atoms with E-state index in [4.69, 9.17) is 14.2 Å². The number of hydrogen-bond donors (Lipinski definition) is 1. The Labute approximate surface area is 137 Å². The van der Waals surface area contributed by atoms with E-state index in [2.05, 4.69) is 0 Å². The minimum Gasteiger partial charge on any atom is -0.508 e. The molecule has 0 bridgehead atoms. The summed E-state index contributed by atoms with van der Waals surface area (Å²) < 4.78 is 16.5. The molecular formula is C19H12O5. The zero-order chi connectivity index (χ0) is 16.5. The van der Waals surface area contributed by atoms with Crippen molar-refractivity contribution < 1.29 is 24.1 Å². The molecule has 0 radical (unpaired) electrons. The number of phenolic OH excluding ortho intramolecular Hbond substituents is 1. The number of carbonyl (C=O) groups excluding carboxylic acids is 1. The average molecular weight is 320 g/mol. The van der Waals surface area contributed by atoms with Crippen molar-refractivity contribution in [2.24, 2.45) is 0 Å². The van der Waals surface area contributed by atoms with Gasteiger partial charge < -0.3 is 19.3 Å². The van der Waals surface area contributed by atoms with Crippen LogP contribution >= 0.6 is 0 Å². The lowest BCUT2D eigenvalue weighted by Gasteiger charge is -2.25. The Morgan fingerprint density at radius 1 is 1.08 bits per heavy atom. The van der Waals surface area contributed by atoms with Gasteiger partial charge in [0.25, 0.3) is 0 Å². The molecule has 0 amide bonds. The van der Waals surface area contributed by atoms with Crippen molar-refractivity contribution in [1.82, 2.24) is 0 Å². The van der Waals surface area contributed by atoms with Gasteiger partial charge in [-0.05, 0) is 30.3 Å². The van der Waals surface area contributed by atoms with Crippen molar-refractivity contribution in [2.45, 2.75) is 0 Å². The first-order valence-electron chi connectivity index (χ1n) is 7.28. The van der Waals surface area contributed by atoms with Crippen LogP contribution in [0.25, 0.3) is 5.76 Å². The number of aromatic hydroxyl groups is 1. The monoisotopic (exact) mass is 320 g/mol. The maximum absolute atomic E-state index is 12.4. The molecule has 4 rings (SSSR count). The Balaban J connectivity index is 1.80. The molecule has 2 aromatic rings. The van der Waals surface area contributed by atoms with Crippen molar-refractivity contribution >= 4 is 11.7 Å². The van der Waals surface area contributed by atoms with Gasteiger partial charge in [-0.3, -0.25) is 0 Å². The zero-order valence-corrected chi connectivity index (χ0v) is 12.4.